The molecule has 1 atom stereocenters. The molecule has 0 aromatic heterocycles. The van der Waals surface area contributed by atoms with Gasteiger partial charge in [-0.3, -0.25) is 9.59 Å². The van der Waals surface area contributed by atoms with Gasteiger partial charge in [0, 0.05) is 17.1 Å². The fourth-order valence-electron chi connectivity index (χ4n) is 3.52. The molecule has 0 bridgehead atoms. The van der Waals surface area contributed by atoms with Gasteiger partial charge in [0.2, 0.25) is 0 Å². The van der Waals surface area contributed by atoms with Crippen LogP contribution in [0.1, 0.15) is 39.6 Å². The summed E-state index contributed by atoms with van der Waals surface area (Å²) in [4.78, 5) is 28.6. The number of nitrogens with one attached hydrogen (secondary N) is 1. The maximum atomic E-state index is 13.5. The smallest absolute Gasteiger partial charge is 0.259 e. The maximum Gasteiger partial charge on any atom is 0.259 e. The lowest BCUT2D eigenvalue weighted by Crippen LogP contribution is -2.31. The number of fused-ring (bicyclic) bond motifs is 2. The molecule has 0 saturated heterocycles. The SMILES string of the molecule is CCCNC(=O)c1ccc2c(c1)N(Cc1cccc(Cl)c1)C(=O)c1ccccc1S2=O. The molecule has 7 heteroatoms. The number of anilines is 1. The van der Waals surface area contributed by atoms with Gasteiger partial charge in [-0.15, -0.1) is 0 Å². The molecule has 3 aromatic rings. The summed E-state index contributed by atoms with van der Waals surface area (Å²) in [5.41, 5.74) is 2.09. The molecule has 0 radical (unpaired) electrons. The number of halogens is 1. The highest BCUT2D eigenvalue weighted by molar-refractivity contribution is 7.85. The summed E-state index contributed by atoms with van der Waals surface area (Å²) < 4.78 is 13.4. The molecule has 3 aromatic carbocycles. The fourth-order valence-corrected chi connectivity index (χ4v) is 5.08. The number of benzene rings is 3. The second-order valence-corrected chi connectivity index (χ2v) is 9.08. The van der Waals surface area contributed by atoms with Crippen LogP contribution in [0.2, 0.25) is 5.02 Å². The van der Waals surface area contributed by atoms with Crippen molar-refractivity contribution in [1.29, 1.82) is 0 Å². The van der Waals surface area contributed by atoms with E-state index in [4.69, 9.17) is 11.6 Å². The van der Waals surface area contributed by atoms with Gasteiger partial charge in [-0.05, 0) is 54.4 Å². The third-order valence-corrected chi connectivity index (χ3v) is 6.77. The van der Waals surface area contributed by atoms with E-state index < -0.39 is 10.8 Å². The van der Waals surface area contributed by atoms with E-state index in [0.717, 1.165) is 12.0 Å². The molecule has 1 aliphatic heterocycles. The summed E-state index contributed by atoms with van der Waals surface area (Å²) in [5.74, 6) is -0.499. The van der Waals surface area contributed by atoms with Crippen molar-refractivity contribution in [2.45, 2.75) is 29.7 Å². The lowest BCUT2D eigenvalue weighted by molar-refractivity contribution is 0.0950. The van der Waals surface area contributed by atoms with Gasteiger partial charge in [-0.25, -0.2) is 4.21 Å². The number of carbonyl (C=O) groups excluding carboxylic acids is 2. The summed E-state index contributed by atoms with van der Waals surface area (Å²) in [6.45, 7) is 2.76. The third-order valence-electron chi connectivity index (χ3n) is 5.04. The summed E-state index contributed by atoms with van der Waals surface area (Å²) in [7, 11) is -1.56. The van der Waals surface area contributed by atoms with Crippen LogP contribution in [-0.4, -0.2) is 22.6 Å². The van der Waals surface area contributed by atoms with Gasteiger partial charge in [0.1, 0.15) is 0 Å². The predicted molar refractivity (Wildman–Crippen MR) is 122 cm³/mol. The average molecular weight is 453 g/mol. The number of hydrogen-bond donors (Lipinski definition) is 1. The molecule has 1 unspecified atom stereocenters. The van der Waals surface area contributed by atoms with Gasteiger partial charge in [-0.1, -0.05) is 42.8 Å². The first-order valence-electron chi connectivity index (χ1n) is 9.99. The quantitative estimate of drug-likeness (QED) is 0.604. The van der Waals surface area contributed by atoms with Crippen LogP contribution < -0.4 is 10.2 Å². The molecule has 2 amide bonds. The summed E-state index contributed by atoms with van der Waals surface area (Å²) in [6, 6.07) is 19.1. The Morgan fingerprint density at radius 1 is 1.03 bits per heavy atom. The van der Waals surface area contributed by atoms with Crippen LogP contribution in [0.4, 0.5) is 5.69 Å². The minimum Gasteiger partial charge on any atom is -0.352 e. The van der Waals surface area contributed by atoms with Gasteiger partial charge in [-0.2, -0.15) is 0 Å². The predicted octanol–water partition coefficient (Wildman–Crippen LogP) is 4.81. The molecule has 5 nitrogen and oxygen atoms in total. The van der Waals surface area contributed by atoms with Crippen LogP contribution in [-0.2, 0) is 17.3 Å². The molecule has 31 heavy (non-hydrogen) atoms. The average Bonchev–Trinajstić information content (AvgIpc) is 2.87. The number of carbonyl (C=O) groups is 2. The van der Waals surface area contributed by atoms with E-state index in [1.54, 1.807) is 59.5 Å². The zero-order chi connectivity index (χ0) is 22.0. The topological polar surface area (TPSA) is 66.5 Å². The van der Waals surface area contributed by atoms with Crippen LogP contribution in [0.15, 0.2) is 76.5 Å². The largest absolute Gasteiger partial charge is 0.352 e. The highest BCUT2D eigenvalue weighted by Gasteiger charge is 2.31. The van der Waals surface area contributed by atoms with Crippen molar-refractivity contribution < 1.29 is 13.8 Å². The lowest BCUT2D eigenvalue weighted by atomic mass is 10.1. The van der Waals surface area contributed by atoms with Gasteiger partial charge in [0.25, 0.3) is 11.8 Å². The van der Waals surface area contributed by atoms with Crippen LogP contribution in [0, 0.1) is 0 Å². The first-order valence-corrected chi connectivity index (χ1v) is 11.5. The highest BCUT2D eigenvalue weighted by Crippen LogP contribution is 2.36. The van der Waals surface area contributed by atoms with E-state index in [-0.39, 0.29) is 18.4 Å². The van der Waals surface area contributed by atoms with Crippen LogP contribution >= 0.6 is 11.6 Å². The Morgan fingerprint density at radius 2 is 1.84 bits per heavy atom. The molecule has 0 saturated carbocycles. The molecule has 158 valence electrons. The van der Waals surface area contributed by atoms with Crippen molar-refractivity contribution in [2.24, 2.45) is 0 Å². The Kier molecular flexibility index (Phi) is 6.20. The Balaban J connectivity index is 1.86. The van der Waals surface area contributed by atoms with Gasteiger partial charge in [0.05, 0.1) is 38.4 Å². The van der Waals surface area contributed by atoms with Crippen molar-refractivity contribution in [3.63, 3.8) is 0 Å². The van der Waals surface area contributed by atoms with Crippen molar-refractivity contribution in [3.8, 4) is 0 Å². The van der Waals surface area contributed by atoms with E-state index in [9.17, 15) is 13.8 Å². The second kappa shape index (κ2) is 9.04. The van der Waals surface area contributed by atoms with E-state index in [0.29, 0.717) is 38.2 Å². The van der Waals surface area contributed by atoms with Gasteiger partial charge < -0.3 is 10.2 Å². The third kappa shape index (κ3) is 4.27. The molecule has 1 heterocycles. The van der Waals surface area contributed by atoms with Crippen LogP contribution in [0.5, 0.6) is 0 Å². The molecule has 4 rings (SSSR count). The van der Waals surface area contributed by atoms with Crippen molar-refractivity contribution in [1.82, 2.24) is 5.32 Å². The molecular formula is C24H21ClN2O3S. The maximum absolute atomic E-state index is 13.5. The molecule has 0 fully saturated rings. The van der Waals surface area contributed by atoms with E-state index in [2.05, 4.69) is 5.32 Å². The normalized spacial score (nSPS) is 15.1. The summed E-state index contributed by atoms with van der Waals surface area (Å²) >= 11 is 6.15. The lowest BCUT2D eigenvalue weighted by Gasteiger charge is -2.23. The number of nitrogens with zero attached hydrogens (tertiary/aromatic N) is 1. The summed E-state index contributed by atoms with van der Waals surface area (Å²) in [5, 5.41) is 3.41. The van der Waals surface area contributed by atoms with Gasteiger partial charge in [0.15, 0.2) is 0 Å². The Labute approximate surface area is 188 Å². The number of amides is 2. The second-order valence-electron chi connectivity index (χ2n) is 7.22. The zero-order valence-corrected chi connectivity index (χ0v) is 18.5. The van der Waals surface area contributed by atoms with Gasteiger partial charge >= 0.3 is 0 Å². The number of rotatable bonds is 5. The number of hydrogen-bond acceptors (Lipinski definition) is 3. The first kappa shape index (κ1) is 21.3. The monoisotopic (exact) mass is 452 g/mol. The molecule has 0 aliphatic carbocycles. The van der Waals surface area contributed by atoms with E-state index in [1.807, 2.05) is 19.1 Å². The zero-order valence-electron chi connectivity index (χ0n) is 16.9. The molecule has 1 N–H and O–H groups in total. The summed E-state index contributed by atoms with van der Waals surface area (Å²) in [6.07, 6.45) is 0.815. The van der Waals surface area contributed by atoms with Crippen LogP contribution in [0.25, 0.3) is 0 Å². The van der Waals surface area contributed by atoms with E-state index >= 15 is 0 Å². The Morgan fingerprint density at radius 3 is 2.61 bits per heavy atom. The standard InChI is InChI=1S/C24H21ClN2O3S/c1-2-12-26-23(28)17-10-11-22-20(14-17)27(15-16-6-5-7-18(25)13-16)24(29)19-8-3-4-9-21(19)31(22)30/h3-11,13-14H,2,12,15H2,1H3,(H,26,28). The Bertz CT molecular complexity index is 1190. The Hall–Kier alpha value is -2.96. The van der Waals surface area contributed by atoms with Crippen molar-refractivity contribution in [2.75, 3.05) is 11.4 Å². The van der Waals surface area contributed by atoms with E-state index in [1.165, 1.54) is 0 Å². The molecule has 0 spiro atoms. The first-order chi connectivity index (χ1) is 15.0. The molecule has 1 aliphatic rings. The van der Waals surface area contributed by atoms with Crippen molar-refractivity contribution >= 4 is 39.9 Å². The minimum atomic E-state index is -1.56. The van der Waals surface area contributed by atoms with Crippen LogP contribution in [0.3, 0.4) is 0 Å². The molecular weight excluding hydrogens is 432 g/mol. The fraction of sp³-hybridized carbons (Fsp3) is 0.167. The minimum absolute atomic E-state index is 0.229. The van der Waals surface area contributed by atoms with Crippen molar-refractivity contribution in [3.05, 3.63) is 88.4 Å². The highest BCUT2D eigenvalue weighted by atomic mass is 35.5.